The standard InChI is InChI=1S/C98H104B2Cl4N8O2/c1-4-6-8-10-12-14-16-18-20-22-24-26-28-30-32-46-62-113-79-60-48-50-73(64-79)95-92-93(98(94(106-3)91-72-108-87-67-83(102)85(104)69-89(87)110-91)112(95)100(77-56-42-36-43-57-77)78-58-44-37-45-59-78)96(74-51-49-61-80(65-74)114-63-47-33-31-29-27-25-23-21-19-17-15-13-11-9-7-5-2)111(99(75-52-38-34-39-53-75)76-54-40-35-41-55-76)97(92)81(70-105)90-71-107-86-66-82(101)84(103)68-88(86)109-90/h18-21,34-45,48-61,64-69,71-72H,4-17,22-33,46-47,62-63H2,1-2H3/b20-18-,21-19-,97-81-,98-94+. The van der Waals surface area contributed by atoms with Gasteiger partial charge >= 0.3 is 13.7 Å². The lowest BCUT2D eigenvalue weighted by Gasteiger charge is -2.25. The fourth-order valence-corrected chi connectivity index (χ4v) is 16.4. The second kappa shape index (κ2) is 44.3. The fourth-order valence-electron chi connectivity index (χ4n) is 15.7. The molecule has 114 heavy (non-hydrogen) atoms. The zero-order chi connectivity index (χ0) is 79.1. The Hall–Kier alpha value is -9.65. The van der Waals surface area contributed by atoms with E-state index in [0.717, 1.165) is 84.3 Å². The number of unbranched alkanes of at least 4 members (excludes halogenated alkanes) is 24. The summed E-state index contributed by atoms with van der Waals surface area (Å²) in [6.45, 7) is 14.2. The van der Waals surface area contributed by atoms with Gasteiger partial charge < -0.3 is 18.4 Å². The summed E-state index contributed by atoms with van der Waals surface area (Å²) in [5.74, 6) is 1.34. The first-order valence-corrected chi connectivity index (χ1v) is 43.2. The van der Waals surface area contributed by atoms with Crippen LogP contribution < -0.4 is 42.0 Å². The maximum atomic E-state index is 12.7. The largest absolute Gasteiger partial charge is 0.494 e. The summed E-state index contributed by atoms with van der Waals surface area (Å²) in [5, 5.41) is 16.3. The zero-order valence-electron chi connectivity index (χ0n) is 66.2. The average molecular weight is 1590 g/mol. The summed E-state index contributed by atoms with van der Waals surface area (Å²) in [6, 6.07) is 67.8. The number of rotatable bonds is 44. The van der Waals surface area contributed by atoms with Crippen LogP contribution in [0.4, 0.5) is 0 Å². The van der Waals surface area contributed by atoms with Crippen molar-refractivity contribution >= 4 is 126 Å². The second-order valence-electron chi connectivity index (χ2n) is 29.9. The highest BCUT2D eigenvalue weighted by Gasteiger charge is 2.38. The molecule has 4 aromatic heterocycles. The number of hydrogen-bond donors (Lipinski definition) is 0. The van der Waals surface area contributed by atoms with Crippen LogP contribution in [0.5, 0.6) is 11.5 Å². The van der Waals surface area contributed by atoms with Crippen molar-refractivity contribution in [3.8, 4) is 40.1 Å². The summed E-state index contributed by atoms with van der Waals surface area (Å²) in [4.78, 5) is 25.5. The summed E-state index contributed by atoms with van der Waals surface area (Å²) in [6.07, 6.45) is 46.7. The Morgan fingerprint density at radius 1 is 0.404 bits per heavy atom. The molecule has 0 saturated heterocycles. The van der Waals surface area contributed by atoms with Gasteiger partial charge in [-0.3, -0.25) is 15.0 Å². The van der Waals surface area contributed by atoms with Crippen molar-refractivity contribution in [1.82, 2.24) is 28.9 Å². The van der Waals surface area contributed by atoms with Gasteiger partial charge in [0.05, 0.1) is 79.2 Å². The maximum Gasteiger partial charge on any atom is 0.328 e. The topological polar surface area (TPSA) is 108 Å². The molecule has 0 spiro atoms. The Balaban J connectivity index is 1.07. The summed E-state index contributed by atoms with van der Waals surface area (Å²) < 4.78 is 18.5. The number of benzene rings is 8. The van der Waals surface area contributed by atoms with Crippen LogP contribution in [-0.4, -0.2) is 55.8 Å². The Morgan fingerprint density at radius 3 is 1.11 bits per heavy atom. The van der Waals surface area contributed by atoms with Gasteiger partial charge in [0.25, 0.3) is 0 Å². The van der Waals surface area contributed by atoms with Gasteiger partial charge in [-0.05, 0) is 113 Å². The van der Waals surface area contributed by atoms with E-state index in [0.29, 0.717) is 99.7 Å². The zero-order valence-corrected chi connectivity index (χ0v) is 69.2. The third-order valence-corrected chi connectivity index (χ3v) is 23.0. The molecule has 0 aliphatic carbocycles. The van der Waals surface area contributed by atoms with E-state index in [1.807, 2.05) is 48.5 Å². The Morgan fingerprint density at radius 2 is 0.737 bits per heavy atom. The molecule has 0 radical (unpaired) electrons. The minimum absolute atomic E-state index is 0.180. The van der Waals surface area contributed by atoms with Crippen LogP contribution in [0, 0.1) is 17.9 Å². The van der Waals surface area contributed by atoms with Crippen LogP contribution in [0.25, 0.3) is 71.5 Å². The van der Waals surface area contributed by atoms with Gasteiger partial charge in [0, 0.05) is 44.8 Å². The number of ether oxygens (including phenoxy) is 2. The average Bonchev–Trinajstić information content (AvgIpc) is 1.52. The SMILES string of the molecule is [C-]#[N+]/C(c1cnc2cc(Cl)c(Cl)cc2n1)=c1\c2c(-c3cccc(OCCCCCCCC/C=C\CCCCCCCC)c3)n(B(c3ccccc3)c3ccccc3)/c(=C(/C#N)c3cnc4cc(Cl)c(Cl)cc4n3)c2c(-c2cccc(OCCCCCCCC/C=C\CCCCCCCC)c2)n1B(c1ccccc1)c1ccccc1. The number of nitrogens with zero attached hydrogens (tertiary/aromatic N) is 8. The highest BCUT2D eigenvalue weighted by molar-refractivity contribution is 6.85. The van der Waals surface area contributed by atoms with Crippen molar-refractivity contribution < 1.29 is 9.47 Å². The van der Waals surface area contributed by atoms with Gasteiger partial charge in [-0.1, -0.05) is 368 Å². The van der Waals surface area contributed by atoms with Crippen molar-refractivity contribution in [2.75, 3.05) is 13.2 Å². The minimum Gasteiger partial charge on any atom is -0.494 e. The first kappa shape index (κ1) is 83.8. The third-order valence-electron chi connectivity index (χ3n) is 21.6. The first-order chi connectivity index (χ1) is 56.2. The lowest BCUT2D eigenvalue weighted by atomic mass is 9.50. The smallest absolute Gasteiger partial charge is 0.328 e. The molecule has 582 valence electrons. The lowest BCUT2D eigenvalue weighted by Crippen LogP contribution is -2.54. The first-order valence-electron chi connectivity index (χ1n) is 41.7. The second-order valence-corrected chi connectivity index (χ2v) is 31.6. The number of aromatic nitrogens is 6. The summed E-state index contributed by atoms with van der Waals surface area (Å²) in [7, 11) is 0. The Labute approximate surface area is 696 Å². The molecule has 0 unspecified atom stereocenters. The third kappa shape index (κ3) is 22.1. The predicted octanol–water partition coefficient (Wildman–Crippen LogP) is 24.2. The molecule has 12 rings (SSSR count). The maximum absolute atomic E-state index is 12.7. The molecule has 0 aliphatic rings. The van der Waals surface area contributed by atoms with Crippen LogP contribution in [0.2, 0.25) is 20.1 Å². The van der Waals surface area contributed by atoms with Gasteiger partial charge in [0.2, 0.25) is 5.70 Å². The van der Waals surface area contributed by atoms with E-state index < -0.39 is 13.7 Å². The number of allylic oxidation sites excluding steroid dienone is 4. The van der Waals surface area contributed by atoms with Crippen molar-refractivity contribution in [1.29, 1.82) is 5.26 Å². The molecule has 12 aromatic rings. The quantitative estimate of drug-likeness (QED) is 0.0162. The van der Waals surface area contributed by atoms with Gasteiger partial charge in [-0.2, -0.15) is 5.26 Å². The predicted molar refractivity (Wildman–Crippen MR) is 483 cm³/mol. The van der Waals surface area contributed by atoms with E-state index in [1.54, 1.807) is 36.7 Å². The molecular weight excluding hydrogens is 1480 g/mol. The Kier molecular flexibility index (Phi) is 32.5. The van der Waals surface area contributed by atoms with Gasteiger partial charge in [0.1, 0.15) is 28.8 Å². The van der Waals surface area contributed by atoms with E-state index in [-0.39, 0.29) is 22.7 Å². The summed E-state index contributed by atoms with van der Waals surface area (Å²) >= 11 is 27.2. The molecule has 0 atom stereocenters. The van der Waals surface area contributed by atoms with Crippen LogP contribution in [0.15, 0.2) is 231 Å². The molecular formula is C98H104B2Cl4N8O2. The molecule has 0 amide bonds. The van der Waals surface area contributed by atoms with E-state index >= 15 is 0 Å². The normalized spacial score (nSPS) is 12.1. The van der Waals surface area contributed by atoms with Gasteiger partial charge in [0.15, 0.2) is 0 Å². The number of hydrogen-bond acceptors (Lipinski definition) is 7. The minimum atomic E-state index is -0.663. The van der Waals surface area contributed by atoms with E-state index in [9.17, 15) is 11.8 Å². The molecule has 0 N–H and O–H groups in total. The molecule has 8 aromatic carbocycles. The highest BCUT2D eigenvalue weighted by atomic mass is 35.5. The summed E-state index contributed by atoms with van der Waals surface area (Å²) in [5.41, 5.74) is 9.43. The number of fused-ring (bicyclic) bond motifs is 3. The monoisotopic (exact) mass is 1590 g/mol. The van der Waals surface area contributed by atoms with Crippen LogP contribution in [-0.2, 0) is 0 Å². The van der Waals surface area contributed by atoms with Crippen molar-refractivity contribution in [3.63, 3.8) is 0 Å². The van der Waals surface area contributed by atoms with Crippen molar-refractivity contribution in [3.05, 3.63) is 284 Å². The Bertz CT molecular complexity index is 4980. The van der Waals surface area contributed by atoms with Gasteiger partial charge in [-0.15, -0.1) is 0 Å². The number of nitriles is 1. The lowest BCUT2D eigenvalue weighted by molar-refractivity contribution is 0.304. The molecule has 16 heteroatoms. The van der Waals surface area contributed by atoms with E-state index in [4.69, 9.17) is 80.7 Å². The van der Waals surface area contributed by atoms with Crippen molar-refractivity contribution in [2.45, 2.75) is 194 Å². The fraction of sp³-hybridized carbons (Fsp3) is 0.327. The van der Waals surface area contributed by atoms with Crippen molar-refractivity contribution in [2.24, 2.45) is 0 Å². The highest BCUT2D eigenvalue weighted by Crippen LogP contribution is 2.40. The van der Waals surface area contributed by atoms with Crippen LogP contribution in [0.3, 0.4) is 0 Å². The molecule has 0 fully saturated rings. The van der Waals surface area contributed by atoms with E-state index in [2.05, 4.69) is 175 Å². The molecule has 4 heterocycles. The van der Waals surface area contributed by atoms with E-state index in [1.165, 1.54) is 128 Å². The molecule has 10 nitrogen and oxygen atoms in total. The molecule has 0 bridgehead atoms. The van der Waals surface area contributed by atoms with Gasteiger partial charge in [-0.25, -0.2) is 9.83 Å². The van der Waals surface area contributed by atoms with Crippen LogP contribution in [0.1, 0.15) is 205 Å². The molecule has 0 aliphatic heterocycles. The van der Waals surface area contributed by atoms with Crippen LogP contribution >= 0.6 is 46.4 Å². The number of halogens is 4. The molecule has 0 saturated carbocycles.